The summed E-state index contributed by atoms with van der Waals surface area (Å²) in [7, 11) is 0. The first kappa shape index (κ1) is 12.7. The van der Waals surface area contributed by atoms with Crippen LogP contribution in [0.25, 0.3) is 0 Å². The van der Waals surface area contributed by atoms with Crippen molar-refractivity contribution in [1.29, 1.82) is 0 Å². The second kappa shape index (κ2) is 5.76. The molecule has 0 aromatic heterocycles. The predicted octanol–water partition coefficient (Wildman–Crippen LogP) is 1.88. The highest BCUT2D eigenvalue weighted by Crippen LogP contribution is 2.22. The minimum absolute atomic E-state index is 0.134. The molecule has 0 spiro atoms. The molecule has 3 nitrogen and oxygen atoms in total. The van der Waals surface area contributed by atoms with E-state index in [-0.39, 0.29) is 18.4 Å². The lowest BCUT2D eigenvalue weighted by atomic mass is 10.0. The highest BCUT2D eigenvalue weighted by atomic mass is 35.5. The van der Waals surface area contributed by atoms with Gasteiger partial charge in [-0.25, -0.2) is 0 Å². The molecule has 0 bridgehead atoms. The van der Waals surface area contributed by atoms with Crippen LogP contribution in [-0.2, 0) is 4.79 Å². The number of hydrogen-bond acceptors (Lipinski definition) is 3. The van der Waals surface area contributed by atoms with Gasteiger partial charge in [-0.1, -0.05) is 11.6 Å². The van der Waals surface area contributed by atoms with E-state index in [1.807, 2.05) is 24.3 Å². The van der Waals surface area contributed by atoms with Crippen molar-refractivity contribution in [3.63, 3.8) is 0 Å². The van der Waals surface area contributed by atoms with E-state index in [1.54, 1.807) is 4.90 Å². The van der Waals surface area contributed by atoms with Crippen molar-refractivity contribution < 1.29 is 9.90 Å². The number of carbonyl (C=O) groups excluding carboxylic acids is 1. The van der Waals surface area contributed by atoms with Crippen LogP contribution < -0.4 is 0 Å². The fourth-order valence-corrected chi connectivity index (χ4v) is 2.58. The third kappa shape index (κ3) is 3.37. The van der Waals surface area contributed by atoms with Crippen molar-refractivity contribution >= 4 is 29.3 Å². The quantitative estimate of drug-likeness (QED) is 0.850. The van der Waals surface area contributed by atoms with Gasteiger partial charge in [0.15, 0.2) is 0 Å². The van der Waals surface area contributed by atoms with Gasteiger partial charge in [-0.2, -0.15) is 0 Å². The van der Waals surface area contributed by atoms with Crippen LogP contribution in [0.15, 0.2) is 29.2 Å². The molecule has 17 heavy (non-hydrogen) atoms. The maximum Gasteiger partial charge on any atom is 0.232 e. The minimum Gasteiger partial charge on any atom is -0.396 e. The molecule has 1 saturated heterocycles. The van der Waals surface area contributed by atoms with Crippen molar-refractivity contribution in [2.45, 2.75) is 4.90 Å². The second-order valence-corrected chi connectivity index (χ2v) is 5.58. The Labute approximate surface area is 110 Å². The Hall–Kier alpha value is -0.710. The van der Waals surface area contributed by atoms with E-state index in [0.717, 1.165) is 4.90 Å². The van der Waals surface area contributed by atoms with Gasteiger partial charge in [-0.3, -0.25) is 4.79 Å². The Morgan fingerprint density at radius 1 is 1.41 bits per heavy atom. The molecule has 1 N–H and O–H groups in total. The smallest absolute Gasteiger partial charge is 0.232 e. The van der Waals surface area contributed by atoms with E-state index in [9.17, 15) is 4.79 Å². The largest absolute Gasteiger partial charge is 0.396 e. The molecule has 5 heteroatoms. The van der Waals surface area contributed by atoms with Crippen LogP contribution in [-0.4, -0.2) is 41.4 Å². The molecule has 0 aliphatic carbocycles. The third-order valence-corrected chi connectivity index (χ3v) is 3.99. The van der Waals surface area contributed by atoms with Gasteiger partial charge in [0.1, 0.15) is 0 Å². The van der Waals surface area contributed by atoms with E-state index in [2.05, 4.69) is 0 Å². The lowest BCUT2D eigenvalue weighted by Gasteiger charge is -2.38. The van der Waals surface area contributed by atoms with Crippen molar-refractivity contribution in [3.8, 4) is 0 Å². The highest BCUT2D eigenvalue weighted by Gasteiger charge is 2.29. The van der Waals surface area contributed by atoms with Gasteiger partial charge in [0.25, 0.3) is 0 Å². The monoisotopic (exact) mass is 271 g/mol. The Kier molecular flexibility index (Phi) is 4.31. The molecule has 0 radical (unpaired) electrons. The van der Waals surface area contributed by atoms with Gasteiger partial charge in [0, 0.05) is 35.5 Å². The fourth-order valence-electron chi connectivity index (χ4n) is 1.66. The molecule has 1 aliphatic heterocycles. The van der Waals surface area contributed by atoms with Crippen molar-refractivity contribution in [2.24, 2.45) is 5.92 Å². The number of likely N-dealkylation sites (tertiary alicyclic amines) is 1. The number of halogens is 1. The zero-order valence-corrected chi connectivity index (χ0v) is 10.9. The Balaban J connectivity index is 1.75. The topological polar surface area (TPSA) is 40.5 Å². The maximum atomic E-state index is 11.7. The maximum absolute atomic E-state index is 11.7. The first-order valence-electron chi connectivity index (χ1n) is 5.46. The molecular weight excluding hydrogens is 258 g/mol. The molecule has 0 saturated carbocycles. The first-order chi connectivity index (χ1) is 8.19. The normalized spacial score (nSPS) is 15.8. The molecule has 1 amide bonds. The molecule has 2 rings (SSSR count). The van der Waals surface area contributed by atoms with Crippen LogP contribution in [0.3, 0.4) is 0 Å². The summed E-state index contributed by atoms with van der Waals surface area (Å²) in [4.78, 5) is 14.5. The van der Waals surface area contributed by atoms with Crippen LogP contribution >= 0.6 is 23.4 Å². The third-order valence-electron chi connectivity index (χ3n) is 2.74. The van der Waals surface area contributed by atoms with Crippen LogP contribution in [0.2, 0.25) is 5.02 Å². The van der Waals surface area contributed by atoms with Crippen molar-refractivity contribution in [2.75, 3.05) is 25.4 Å². The van der Waals surface area contributed by atoms with E-state index in [1.165, 1.54) is 11.8 Å². The zero-order chi connectivity index (χ0) is 12.3. The number of carbonyl (C=O) groups is 1. The predicted molar refractivity (Wildman–Crippen MR) is 69.3 cm³/mol. The van der Waals surface area contributed by atoms with E-state index < -0.39 is 0 Å². The first-order valence-corrected chi connectivity index (χ1v) is 6.82. The Morgan fingerprint density at radius 2 is 2.06 bits per heavy atom. The molecule has 1 aromatic carbocycles. The summed E-state index contributed by atoms with van der Waals surface area (Å²) < 4.78 is 0. The number of nitrogens with zero attached hydrogens (tertiary/aromatic N) is 1. The second-order valence-electron chi connectivity index (χ2n) is 4.09. The lowest BCUT2D eigenvalue weighted by Crippen LogP contribution is -2.51. The van der Waals surface area contributed by atoms with Gasteiger partial charge in [0.2, 0.25) is 5.91 Å². The number of thioether (sulfide) groups is 1. The molecule has 0 unspecified atom stereocenters. The molecular formula is C12H14ClNO2S. The van der Waals surface area contributed by atoms with Gasteiger partial charge in [-0.05, 0) is 24.3 Å². The molecule has 1 fully saturated rings. The van der Waals surface area contributed by atoms with E-state index >= 15 is 0 Å². The summed E-state index contributed by atoms with van der Waals surface area (Å²) in [5.74, 6) is 0.855. The van der Waals surface area contributed by atoms with Gasteiger partial charge in [0.05, 0.1) is 5.75 Å². The van der Waals surface area contributed by atoms with Gasteiger partial charge < -0.3 is 10.0 Å². The van der Waals surface area contributed by atoms with E-state index in [4.69, 9.17) is 16.7 Å². The molecule has 1 aliphatic rings. The number of aliphatic hydroxyl groups excluding tert-OH is 1. The van der Waals surface area contributed by atoms with Crippen LogP contribution in [0.4, 0.5) is 0 Å². The van der Waals surface area contributed by atoms with Crippen LogP contribution in [0.1, 0.15) is 0 Å². The summed E-state index contributed by atoms with van der Waals surface area (Å²) in [6.45, 7) is 1.56. The number of hydrogen-bond donors (Lipinski definition) is 1. The van der Waals surface area contributed by atoms with Crippen molar-refractivity contribution in [3.05, 3.63) is 29.3 Å². The van der Waals surface area contributed by atoms with Gasteiger partial charge in [-0.15, -0.1) is 11.8 Å². The molecule has 0 atom stereocenters. The summed E-state index contributed by atoms with van der Waals surface area (Å²) in [5.41, 5.74) is 0. The SMILES string of the molecule is O=C(CSc1ccc(Cl)cc1)N1CC(CO)C1. The molecule has 92 valence electrons. The number of benzene rings is 1. The fraction of sp³-hybridized carbons (Fsp3) is 0.417. The Bertz CT molecular complexity index is 390. The van der Waals surface area contributed by atoms with Crippen LogP contribution in [0.5, 0.6) is 0 Å². The number of aliphatic hydroxyl groups is 1. The Morgan fingerprint density at radius 3 is 2.65 bits per heavy atom. The summed E-state index contributed by atoms with van der Waals surface area (Å²) in [6, 6.07) is 7.46. The van der Waals surface area contributed by atoms with Crippen molar-refractivity contribution in [1.82, 2.24) is 4.90 Å². The molecule has 1 aromatic rings. The standard InChI is InChI=1S/C12H14ClNO2S/c13-10-1-3-11(4-2-10)17-8-12(16)14-5-9(6-14)7-15/h1-4,9,15H,5-8H2. The minimum atomic E-state index is 0.134. The summed E-state index contributed by atoms with van der Waals surface area (Å²) >= 11 is 7.29. The summed E-state index contributed by atoms with van der Waals surface area (Å²) in [6.07, 6.45) is 0. The van der Waals surface area contributed by atoms with Crippen LogP contribution in [0, 0.1) is 5.92 Å². The molecule has 1 heterocycles. The summed E-state index contributed by atoms with van der Waals surface area (Å²) in [5, 5.41) is 9.57. The van der Waals surface area contributed by atoms with Gasteiger partial charge >= 0.3 is 0 Å². The van der Waals surface area contributed by atoms with E-state index in [0.29, 0.717) is 23.9 Å². The highest BCUT2D eigenvalue weighted by molar-refractivity contribution is 8.00. The average molecular weight is 272 g/mol. The average Bonchev–Trinajstić information content (AvgIpc) is 2.27. The zero-order valence-electron chi connectivity index (χ0n) is 9.30. The number of amides is 1. The number of rotatable bonds is 4. The lowest BCUT2D eigenvalue weighted by molar-refractivity contribution is -0.135.